The predicted molar refractivity (Wildman–Crippen MR) is 129 cm³/mol. The lowest BCUT2D eigenvalue weighted by Gasteiger charge is -2.15. The second-order valence-electron chi connectivity index (χ2n) is 7.93. The number of hydrogen-bond acceptors (Lipinski definition) is 6. The molecule has 3 amide bonds. The van der Waals surface area contributed by atoms with Crippen molar-refractivity contribution in [2.24, 2.45) is 0 Å². The molecular weight excluding hydrogens is 483 g/mol. The highest BCUT2D eigenvalue weighted by Crippen LogP contribution is 2.38. The molecule has 0 aliphatic rings. The van der Waals surface area contributed by atoms with Crippen molar-refractivity contribution in [1.29, 1.82) is 0 Å². The van der Waals surface area contributed by atoms with Crippen molar-refractivity contribution in [1.82, 2.24) is 10.0 Å². The fraction of sp³-hybridized carbons (Fsp3) is 0.333. The van der Waals surface area contributed by atoms with Crippen molar-refractivity contribution < 1.29 is 31.9 Å². The van der Waals surface area contributed by atoms with Crippen LogP contribution < -0.4 is 19.7 Å². The Morgan fingerprint density at radius 3 is 2.54 bits per heavy atom. The summed E-state index contributed by atoms with van der Waals surface area (Å²) in [5.74, 6) is -1.11. The van der Waals surface area contributed by atoms with E-state index < -0.39 is 23.7 Å². The molecular formula is C24H26F3N3O4S. The monoisotopic (exact) mass is 509 g/mol. The molecule has 0 spiro atoms. The molecule has 2 aromatic carbocycles. The van der Waals surface area contributed by atoms with Crippen molar-refractivity contribution in [3.63, 3.8) is 0 Å². The van der Waals surface area contributed by atoms with Crippen molar-refractivity contribution in [2.75, 3.05) is 25.6 Å². The van der Waals surface area contributed by atoms with Gasteiger partial charge in [-0.25, -0.2) is 4.79 Å². The number of benzene rings is 2. The van der Waals surface area contributed by atoms with Crippen LogP contribution in [0.25, 0.3) is 11.0 Å². The average molecular weight is 510 g/mol. The van der Waals surface area contributed by atoms with Gasteiger partial charge >= 0.3 is 12.2 Å². The quantitative estimate of drug-likeness (QED) is 0.263. The molecule has 188 valence electrons. The number of carbonyl (C=O) groups excluding carboxylic acids is 2. The van der Waals surface area contributed by atoms with E-state index in [1.54, 1.807) is 6.07 Å². The molecule has 0 bridgehead atoms. The van der Waals surface area contributed by atoms with Gasteiger partial charge in [-0.3, -0.25) is 14.8 Å². The molecule has 2 N–H and O–H groups in total. The molecule has 0 aliphatic heterocycles. The van der Waals surface area contributed by atoms with Gasteiger partial charge in [-0.15, -0.1) is 0 Å². The van der Waals surface area contributed by atoms with Crippen LogP contribution in [-0.4, -0.2) is 32.6 Å². The van der Waals surface area contributed by atoms with E-state index in [-0.39, 0.29) is 23.0 Å². The molecule has 3 rings (SSSR count). The van der Waals surface area contributed by atoms with Crippen LogP contribution in [0.5, 0.6) is 5.75 Å². The van der Waals surface area contributed by atoms with Crippen molar-refractivity contribution in [3.05, 3.63) is 53.8 Å². The van der Waals surface area contributed by atoms with Gasteiger partial charge in [-0.05, 0) is 60.8 Å². The van der Waals surface area contributed by atoms with E-state index in [2.05, 4.69) is 10.0 Å². The Balaban J connectivity index is 1.61. The Morgan fingerprint density at radius 1 is 1.09 bits per heavy atom. The van der Waals surface area contributed by atoms with Gasteiger partial charge in [0.25, 0.3) is 5.91 Å². The Labute approximate surface area is 205 Å². The molecule has 0 aliphatic carbocycles. The Bertz CT molecular complexity index is 1190. The van der Waals surface area contributed by atoms with Crippen LogP contribution in [0, 0.1) is 0 Å². The zero-order chi connectivity index (χ0) is 25.6. The maximum absolute atomic E-state index is 13.5. The van der Waals surface area contributed by atoms with Gasteiger partial charge in [0.1, 0.15) is 11.3 Å². The fourth-order valence-electron chi connectivity index (χ4n) is 3.17. The van der Waals surface area contributed by atoms with Crippen LogP contribution in [0.2, 0.25) is 0 Å². The summed E-state index contributed by atoms with van der Waals surface area (Å²) in [6.07, 6.45) is -2.18. The molecule has 0 saturated carbocycles. The summed E-state index contributed by atoms with van der Waals surface area (Å²) >= 11 is 0.641. The van der Waals surface area contributed by atoms with Gasteiger partial charge in [-0.1, -0.05) is 19.8 Å². The number of alkyl halides is 3. The van der Waals surface area contributed by atoms with Crippen LogP contribution in [0.3, 0.4) is 0 Å². The van der Waals surface area contributed by atoms with Crippen LogP contribution in [0.4, 0.5) is 23.7 Å². The number of amides is 3. The van der Waals surface area contributed by atoms with Gasteiger partial charge in [-0.2, -0.15) is 13.2 Å². The van der Waals surface area contributed by atoms with E-state index in [0.717, 1.165) is 24.6 Å². The molecule has 0 fully saturated rings. The predicted octanol–water partition coefficient (Wildman–Crippen LogP) is 6.23. The number of furan rings is 1. The summed E-state index contributed by atoms with van der Waals surface area (Å²) in [5, 5.41) is 2.79. The number of carbonyl (C=O) groups is 2. The van der Waals surface area contributed by atoms with Crippen molar-refractivity contribution in [2.45, 2.75) is 37.3 Å². The highest BCUT2D eigenvalue weighted by molar-refractivity contribution is 7.98. The first-order valence-electron chi connectivity index (χ1n) is 10.9. The maximum atomic E-state index is 13.5. The van der Waals surface area contributed by atoms with Crippen LogP contribution in [0.15, 0.2) is 51.8 Å². The van der Waals surface area contributed by atoms with E-state index in [1.807, 2.05) is 38.1 Å². The second-order valence-corrected chi connectivity index (χ2v) is 8.81. The Kier molecular flexibility index (Phi) is 8.55. The lowest BCUT2D eigenvalue weighted by molar-refractivity contribution is -0.139. The van der Waals surface area contributed by atoms with Gasteiger partial charge in [0, 0.05) is 30.1 Å². The highest BCUT2D eigenvalue weighted by Gasteiger charge is 2.35. The SMILES string of the molecule is CCCCCOc1ccc(SNC(=O)NC(=O)c2cc3cc(N(C)C)ccc3o2)cc1C(F)(F)F. The summed E-state index contributed by atoms with van der Waals surface area (Å²) in [7, 11) is 3.76. The van der Waals surface area contributed by atoms with Gasteiger partial charge in [0.15, 0.2) is 5.76 Å². The highest BCUT2D eigenvalue weighted by atomic mass is 32.2. The van der Waals surface area contributed by atoms with Crippen LogP contribution in [0.1, 0.15) is 42.3 Å². The van der Waals surface area contributed by atoms with E-state index >= 15 is 0 Å². The summed E-state index contributed by atoms with van der Waals surface area (Å²) in [4.78, 5) is 26.6. The van der Waals surface area contributed by atoms with Crippen LogP contribution in [-0.2, 0) is 6.18 Å². The number of ether oxygens (including phenoxy) is 1. The van der Waals surface area contributed by atoms with Gasteiger partial charge in [0.2, 0.25) is 0 Å². The molecule has 7 nitrogen and oxygen atoms in total. The summed E-state index contributed by atoms with van der Waals surface area (Å²) in [6.45, 7) is 2.17. The molecule has 0 atom stereocenters. The minimum absolute atomic E-state index is 0.0695. The third-order valence-corrected chi connectivity index (χ3v) is 5.77. The maximum Gasteiger partial charge on any atom is 0.420 e. The summed E-state index contributed by atoms with van der Waals surface area (Å²) in [5.41, 5.74) is 0.457. The third-order valence-electron chi connectivity index (χ3n) is 4.99. The smallest absolute Gasteiger partial charge is 0.420 e. The second kappa shape index (κ2) is 11.4. The summed E-state index contributed by atoms with van der Waals surface area (Å²) < 4.78 is 53.5. The van der Waals surface area contributed by atoms with Gasteiger partial charge in [0.05, 0.1) is 12.2 Å². The van der Waals surface area contributed by atoms with Gasteiger partial charge < -0.3 is 14.1 Å². The van der Waals surface area contributed by atoms with E-state index in [9.17, 15) is 22.8 Å². The number of anilines is 1. The molecule has 1 heterocycles. The standard InChI is InChI=1S/C24H26F3N3O4S/c1-4-5-6-11-33-20-10-8-17(14-18(20)24(25,26)27)35-29-23(32)28-22(31)21-13-15-12-16(30(2)3)7-9-19(15)34-21/h7-10,12-14H,4-6,11H2,1-3H3,(H2,28,29,31,32). The molecule has 11 heteroatoms. The molecule has 3 aromatic rings. The first kappa shape index (κ1) is 26.3. The number of rotatable bonds is 9. The van der Waals surface area contributed by atoms with Crippen molar-refractivity contribution >= 4 is 40.5 Å². The zero-order valence-corrected chi connectivity index (χ0v) is 20.3. The average Bonchev–Trinajstić information content (AvgIpc) is 3.24. The minimum atomic E-state index is -4.62. The lowest BCUT2D eigenvalue weighted by atomic mass is 10.2. The zero-order valence-electron chi connectivity index (χ0n) is 19.5. The number of urea groups is 1. The number of hydrogen-bond donors (Lipinski definition) is 2. The first-order chi connectivity index (χ1) is 16.6. The first-order valence-corrected chi connectivity index (χ1v) is 11.7. The fourth-order valence-corrected chi connectivity index (χ4v) is 3.74. The minimum Gasteiger partial charge on any atom is -0.493 e. The topological polar surface area (TPSA) is 83.8 Å². The van der Waals surface area contributed by atoms with E-state index in [1.165, 1.54) is 18.2 Å². The number of nitrogens with one attached hydrogen (secondary N) is 2. The third kappa shape index (κ3) is 7.08. The van der Waals surface area contributed by atoms with Crippen LogP contribution >= 0.6 is 11.9 Å². The molecule has 35 heavy (non-hydrogen) atoms. The molecule has 1 aromatic heterocycles. The molecule has 0 radical (unpaired) electrons. The van der Waals surface area contributed by atoms with Crippen molar-refractivity contribution in [3.8, 4) is 5.75 Å². The number of fused-ring (bicyclic) bond motifs is 1. The number of unbranched alkanes of at least 4 members (excludes halogenated alkanes) is 2. The normalized spacial score (nSPS) is 11.4. The molecule has 0 unspecified atom stereocenters. The molecule has 0 saturated heterocycles. The summed E-state index contributed by atoms with van der Waals surface area (Å²) in [6, 6.07) is 9.50. The Hall–Kier alpha value is -3.34. The number of imide groups is 1. The number of nitrogens with zero attached hydrogens (tertiary/aromatic N) is 1. The lowest BCUT2D eigenvalue weighted by Crippen LogP contribution is -2.36. The number of halogens is 3. The largest absolute Gasteiger partial charge is 0.493 e. The Morgan fingerprint density at radius 2 is 1.86 bits per heavy atom. The van der Waals surface area contributed by atoms with E-state index in [0.29, 0.717) is 29.3 Å². The van der Waals surface area contributed by atoms with E-state index in [4.69, 9.17) is 9.15 Å².